The van der Waals surface area contributed by atoms with Gasteiger partial charge in [0.05, 0.1) is 4.90 Å². The third-order valence-corrected chi connectivity index (χ3v) is 3.57. The van der Waals surface area contributed by atoms with Crippen LogP contribution in [0.25, 0.3) is 0 Å². The molecule has 1 aromatic carbocycles. The van der Waals surface area contributed by atoms with Crippen molar-refractivity contribution in [2.24, 2.45) is 5.90 Å². The Balaban J connectivity index is 2.48. The molecule has 0 bridgehead atoms. The molecule has 1 aliphatic rings. The maximum Gasteiger partial charge on any atom is 0.312 e. The lowest BCUT2D eigenvalue weighted by molar-refractivity contribution is 0.333. The molecule has 76 valence electrons. The summed E-state index contributed by atoms with van der Waals surface area (Å²) >= 11 is 0. The first-order valence-corrected chi connectivity index (χ1v) is 5.79. The minimum Gasteiger partial charge on any atom is -0.197 e. The van der Waals surface area contributed by atoms with Crippen LogP contribution in [0.4, 0.5) is 0 Å². The van der Waals surface area contributed by atoms with Crippen molar-refractivity contribution >= 4 is 10.1 Å². The summed E-state index contributed by atoms with van der Waals surface area (Å²) in [5.41, 5.74) is 2.31. The van der Waals surface area contributed by atoms with Crippen molar-refractivity contribution in [3.63, 3.8) is 0 Å². The summed E-state index contributed by atoms with van der Waals surface area (Å²) in [6.07, 6.45) is 3.05. The zero-order valence-corrected chi connectivity index (χ0v) is 8.38. The van der Waals surface area contributed by atoms with Crippen LogP contribution in [0.1, 0.15) is 17.5 Å². The van der Waals surface area contributed by atoms with E-state index < -0.39 is 10.1 Å². The minimum absolute atomic E-state index is 0.139. The predicted octanol–water partition coefficient (Wildman–Crippen LogP) is 0.754. The van der Waals surface area contributed by atoms with E-state index in [0.717, 1.165) is 24.8 Å². The summed E-state index contributed by atoms with van der Waals surface area (Å²) in [7, 11) is -3.74. The highest BCUT2D eigenvalue weighted by atomic mass is 32.2. The van der Waals surface area contributed by atoms with Crippen LogP contribution in [0.2, 0.25) is 0 Å². The lowest BCUT2D eigenvalue weighted by Gasteiger charge is -2.03. The van der Waals surface area contributed by atoms with Gasteiger partial charge in [-0.2, -0.15) is 18.6 Å². The summed E-state index contributed by atoms with van der Waals surface area (Å²) < 4.78 is 26.5. The van der Waals surface area contributed by atoms with Crippen LogP contribution in [-0.2, 0) is 27.2 Å². The molecular formula is C9H11NO3S. The lowest BCUT2D eigenvalue weighted by Crippen LogP contribution is -2.11. The SMILES string of the molecule is NOS(=O)(=O)c1ccc2c(c1)CCC2. The van der Waals surface area contributed by atoms with Gasteiger partial charge in [0.25, 0.3) is 0 Å². The lowest BCUT2D eigenvalue weighted by atomic mass is 10.1. The van der Waals surface area contributed by atoms with Crippen molar-refractivity contribution in [2.75, 3.05) is 0 Å². The van der Waals surface area contributed by atoms with Crippen molar-refractivity contribution in [1.82, 2.24) is 0 Å². The van der Waals surface area contributed by atoms with Gasteiger partial charge in [-0.15, -0.1) is 0 Å². The van der Waals surface area contributed by atoms with E-state index in [1.54, 1.807) is 6.07 Å². The number of hydrogen-bond acceptors (Lipinski definition) is 4. The van der Waals surface area contributed by atoms with E-state index in [2.05, 4.69) is 4.28 Å². The Labute approximate surface area is 82.8 Å². The van der Waals surface area contributed by atoms with E-state index in [1.807, 2.05) is 6.07 Å². The minimum atomic E-state index is -3.74. The Morgan fingerprint density at radius 3 is 2.64 bits per heavy atom. The molecule has 0 saturated carbocycles. The average molecular weight is 213 g/mol. The average Bonchev–Trinajstić information content (AvgIpc) is 2.64. The molecule has 0 heterocycles. The Kier molecular flexibility index (Phi) is 2.30. The van der Waals surface area contributed by atoms with Crippen LogP contribution in [0.15, 0.2) is 23.1 Å². The maximum absolute atomic E-state index is 11.3. The summed E-state index contributed by atoms with van der Waals surface area (Å²) in [6, 6.07) is 5.01. The van der Waals surface area contributed by atoms with Gasteiger partial charge in [-0.3, -0.25) is 0 Å². The zero-order chi connectivity index (χ0) is 10.2. The molecule has 4 nitrogen and oxygen atoms in total. The van der Waals surface area contributed by atoms with Crippen LogP contribution in [-0.4, -0.2) is 8.42 Å². The number of fused-ring (bicyclic) bond motifs is 1. The molecule has 2 rings (SSSR count). The van der Waals surface area contributed by atoms with Gasteiger partial charge < -0.3 is 0 Å². The Morgan fingerprint density at radius 1 is 1.21 bits per heavy atom. The molecule has 0 atom stereocenters. The van der Waals surface area contributed by atoms with Gasteiger partial charge in [0.1, 0.15) is 0 Å². The molecule has 14 heavy (non-hydrogen) atoms. The summed E-state index contributed by atoms with van der Waals surface area (Å²) in [4.78, 5) is 0.139. The topological polar surface area (TPSA) is 69.4 Å². The largest absolute Gasteiger partial charge is 0.312 e. The van der Waals surface area contributed by atoms with Crippen LogP contribution < -0.4 is 5.90 Å². The Morgan fingerprint density at radius 2 is 1.93 bits per heavy atom. The van der Waals surface area contributed by atoms with Crippen molar-refractivity contribution in [3.8, 4) is 0 Å². The van der Waals surface area contributed by atoms with Crippen molar-refractivity contribution in [2.45, 2.75) is 24.2 Å². The highest BCUT2D eigenvalue weighted by molar-refractivity contribution is 7.86. The van der Waals surface area contributed by atoms with Gasteiger partial charge >= 0.3 is 10.1 Å². The van der Waals surface area contributed by atoms with Gasteiger partial charge in [0, 0.05) is 0 Å². The Bertz CT molecular complexity index is 453. The third-order valence-electron chi connectivity index (χ3n) is 2.49. The van der Waals surface area contributed by atoms with E-state index in [4.69, 9.17) is 5.90 Å². The molecule has 1 aromatic rings. The molecule has 0 amide bonds. The fourth-order valence-corrected chi connectivity index (χ4v) is 2.39. The van der Waals surface area contributed by atoms with Gasteiger partial charge in [-0.25, -0.2) is 0 Å². The molecule has 0 fully saturated rings. The second-order valence-electron chi connectivity index (χ2n) is 3.33. The molecule has 5 heteroatoms. The van der Waals surface area contributed by atoms with Crippen LogP contribution in [0.5, 0.6) is 0 Å². The molecule has 0 saturated heterocycles. The first-order chi connectivity index (χ1) is 6.63. The fraction of sp³-hybridized carbons (Fsp3) is 0.333. The molecule has 0 radical (unpaired) electrons. The number of hydrogen-bond donors (Lipinski definition) is 1. The maximum atomic E-state index is 11.3. The van der Waals surface area contributed by atoms with Crippen molar-refractivity contribution in [3.05, 3.63) is 29.3 Å². The molecule has 2 N–H and O–H groups in total. The molecule has 0 unspecified atom stereocenters. The van der Waals surface area contributed by atoms with Gasteiger partial charge in [-0.1, -0.05) is 6.07 Å². The Hall–Kier alpha value is -0.910. The van der Waals surface area contributed by atoms with Crippen molar-refractivity contribution in [1.29, 1.82) is 0 Å². The van der Waals surface area contributed by atoms with Crippen LogP contribution in [0.3, 0.4) is 0 Å². The second kappa shape index (κ2) is 3.34. The molecule has 0 spiro atoms. The monoisotopic (exact) mass is 213 g/mol. The normalized spacial score (nSPS) is 15.5. The van der Waals surface area contributed by atoms with Crippen molar-refractivity contribution < 1.29 is 12.7 Å². The number of rotatable bonds is 2. The first kappa shape index (κ1) is 9.64. The van der Waals surface area contributed by atoms with E-state index in [0.29, 0.717) is 0 Å². The van der Waals surface area contributed by atoms with Gasteiger partial charge in [0.15, 0.2) is 0 Å². The smallest absolute Gasteiger partial charge is 0.197 e. The number of aryl methyl sites for hydroxylation is 2. The summed E-state index contributed by atoms with van der Waals surface area (Å²) in [5.74, 6) is 4.70. The standard InChI is InChI=1S/C9H11NO3S/c10-13-14(11,12)9-5-4-7-2-1-3-8(7)6-9/h4-6H,1-3,10H2. The van der Waals surface area contributed by atoms with E-state index in [9.17, 15) is 8.42 Å². The predicted molar refractivity (Wildman–Crippen MR) is 50.9 cm³/mol. The zero-order valence-electron chi connectivity index (χ0n) is 7.56. The molecule has 0 aromatic heterocycles. The summed E-state index contributed by atoms with van der Waals surface area (Å²) in [5, 5.41) is 0. The van der Waals surface area contributed by atoms with E-state index >= 15 is 0 Å². The molecular weight excluding hydrogens is 202 g/mol. The van der Waals surface area contributed by atoms with Gasteiger partial charge in [0.2, 0.25) is 0 Å². The third kappa shape index (κ3) is 1.54. The molecule has 0 aliphatic heterocycles. The highest BCUT2D eigenvalue weighted by Gasteiger charge is 2.18. The molecule has 1 aliphatic carbocycles. The van der Waals surface area contributed by atoms with E-state index in [1.165, 1.54) is 11.6 Å². The number of nitrogens with two attached hydrogens (primary N) is 1. The number of benzene rings is 1. The highest BCUT2D eigenvalue weighted by Crippen LogP contribution is 2.24. The summed E-state index contributed by atoms with van der Waals surface area (Å²) in [6.45, 7) is 0. The quantitative estimate of drug-likeness (QED) is 0.736. The van der Waals surface area contributed by atoms with Crippen LogP contribution >= 0.6 is 0 Å². The second-order valence-corrected chi connectivity index (χ2v) is 4.91. The van der Waals surface area contributed by atoms with Crippen LogP contribution in [0, 0.1) is 0 Å². The van der Waals surface area contributed by atoms with Gasteiger partial charge in [-0.05, 0) is 42.5 Å². The fourth-order valence-electron chi connectivity index (χ4n) is 1.76. The first-order valence-electron chi connectivity index (χ1n) is 4.38. The van der Waals surface area contributed by atoms with E-state index in [-0.39, 0.29) is 4.90 Å².